The molecular weight excluding hydrogens is 200 g/mol. The molecule has 2 aliphatic carbocycles. The first-order valence-electron chi connectivity index (χ1n) is 6.80. The van der Waals surface area contributed by atoms with Crippen molar-refractivity contribution in [1.82, 2.24) is 4.90 Å². The van der Waals surface area contributed by atoms with Crippen molar-refractivity contribution in [3.63, 3.8) is 0 Å². The van der Waals surface area contributed by atoms with Crippen LogP contribution >= 0.6 is 0 Å². The molecule has 0 radical (unpaired) electrons. The van der Waals surface area contributed by atoms with E-state index in [1.165, 1.54) is 45.2 Å². The summed E-state index contributed by atoms with van der Waals surface area (Å²) in [5.41, 5.74) is 6.24. The minimum atomic E-state index is 0.474. The van der Waals surface area contributed by atoms with E-state index in [1.807, 2.05) is 7.11 Å². The highest BCUT2D eigenvalue weighted by Gasteiger charge is 2.43. The molecule has 92 valence electrons. The highest BCUT2D eigenvalue weighted by Crippen LogP contribution is 2.39. The molecule has 3 unspecified atom stereocenters. The average molecular weight is 224 g/mol. The smallest absolute Gasteiger partial charge is 0.0601 e. The Labute approximate surface area is 98.3 Å². The Morgan fingerprint density at radius 2 is 2.00 bits per heavy atom. The van der Waals surface area contributed by atoms with Crippen LogP contribution in [0.4, 0.5) is 0 Å². The van der Waals surface area contributed by atoms with Gasteiger partial charge in [-0.2, -0.15) is 0 Å². The minimum Gasteiger partial charge on any atom is -0.381 e. The quantitative estimate of drug-likeness (QED) is 0.766. The predicted octanol–water partition coefficient (Wildman–Crippen LogP) is 1.22. The Bertz CT molecular complexity index is 252. The standard InChI is InChI=1S/C13H24N2O/c1-16-11-5-10(6-11)15-7-9-3-2-4-13(14)12(9)8-15/h9-13H,2-8,14H2,1H3. The van der Waals surface area contributed by atoms with Gasteiger partial charge in [0.2, 0.25) is 0 Å². The van der Waals surface area contributed by atoms with E-state index in [0.717, 1.165) is 17.9 Å². The fourth-order valence-electron chi connectivity index (χ4n) is 3.88. The van der Waals surface area contributed by atoms with Crippen LogP contribution in [0.5, 0.6) is 0 Å². The van der Waals surface area contributed by atoms with Gasteiger partial charge in [0.05, 0.1) is 6.10 Å². The molecular formula is C13H24N2O. The summed E-state index contributed by atoms with van der Waals surface area (Å²) in [5.74, 6) is 1.68. The van der Waals surface area contributed by atoms with Crippen molar-refractivity contribution in [1.29, 1.82) is 0 Å². The van der Waals surface area contributed by atoms with Crippen molar-refractivity contribution in [3.05, 3.63) is 0 Å². The van der Waals surface area contributed by atoms with Crippen LogP contribution < -0.4 is 5.73 Å². The first kappa shape index (κ1) is 11.0. The van der Waals surface area contributed by atoms with E-state index < -0.39 is 0 Å². The van der Waals surface area contributed by atoms with Gasteiger partial charge in [0.25, 0.3) is 0 Å². The number of likely N-dealkylation sites (tertiary alicyclic amines) is 1. The Morgan fingerprint density at radius 1 is 1.19 bits per heavy atom. The number of nitrogens with two attached hydrogens (primary N) is 1. The van der Waals surface area contributed by atoms with E-state index in [2.05, 4.69) is 4.90 Å². The highest BCUT2D eigenvalue weighted by molar-refractivity contribution is 4.98. The molecule has 0 aromatic carbocycles. The zero-order valence-electron chi connectivity index (χ0n) is 10.3. The van der Waals surface area contributed by atoms with E-state index in [1.54, 1.807) is 0 Å². The number of methoxy groups -OCH3 is 1. The molecule has 1 heterocycles. The Balaban J connectivity index is 1.56. The molecule has 3 aliphatic rings. The molecule has 2 saturated carbocycles. The summed E-state index contributed by atoms with van der Waals surface area (Å²) in [6, 6.07) is 1.27. The van der Waals surface area contributed by atoms with Gasteiger partial charge in [-0.25, -0.2) is 0 Å². The van der Waals surface area contributed by atoms with E-state index in [9.17, 15) is 0 Å². The van der Waals surface area contributed by atoms with Gasteiger partial charge in [-0.15, -0.1) is 0 Å². The summed E-state index contributed by atoms with van der Waals surface area (Å²) in [7, 11) is 1.83. The van der Waals surface area contributed by atoms with Gasteiger partial charge in [0.1, 0.15) is 0 Å². The number of rotatable bonds is 2. The van der Waals surface area contributed by atoms with Crippen molar-refractivity contribution < 1.29 is 4.74 Å². The molecule has 3 fully saturated rings. The van der Waals surface area contributed by atoms with Crippen LogP contribution in [0.25, 0.3) is 0 Å². The van der Waals surface area contributed by atoms with Crippen molar-refractivity contribution >= 4 is 0 Å². The molecule has 16 heavy (non-hydrogen) atoms. The normalized spacial score (nSPS) is 48.8. The van der Waals surface area contributed by atoms with E-state index in [4.69, 9.17) is 10.5 Å². The molecule has 2 N–H and O–H groups in total. The highest BCUT2D eigenvalue weighted by atomic mass is 16.5. The van der Waals surface area contributed by atoms with Crippen molar-refractivity contribution in [2.24, 2.45) is 17.6 Å². The van der Waals surface area contributed by atoms with Crippen LogP contribution in [0, 0.1) is 11.8 Å². The van der Waals surface area contributed by atoms with Gasteiger partial charge in [-0.3, -0.25) is 4.90 Å². The van der Waals surface area contributed by atoms with Crippen LogP contribution in [0.2, 0.25) is 0 Å². The van der Waals surface area contributed by atoms with E-state index in [-0.39, 0.29) is 0 Å². The molecule has 0 amide bonds. The van der Waals surface area contributed by atoms with Gasteiger partial charge in [0, 0.05) is 32.3 Å². The fraction of sp³-hybridized carbons (Fsp3) is 1.00. The number of nitrogens with zero attached hydrogens (tertiary/aromatic N) is 1. The Kier molecular flexibility index (Phi) is 2.94. The van der Waals surface area contributed by atoms with E-state index in [0.29, 0.717) is 12.1 Å². The van der Waals surface area contributed by atoms with Crippen molar-refractivity contribution in [3.8, 4) is 0 Å². The molecule has 0 aromatic heterocycles. The summed E-state index contributed by atoms with van der Waals surface area (Å²) < 4.78 is 5.36. The van der Waals surface area contributed by atoms with Gasteiger partial charge in [0.15, 0.2) is 0 Å². The fourth-order valence-corrected chi connectivity index (χ4v) is 3.88. The van der Waals surface area contributed by atoms with E-state index >= 15 is 0 Å². The second kappa shape index (κ2) is 4.28. The van der Waals surface area contributed by atoms with Crippen LogP contribution in [0.15, 0.2) is 0 Å². The second-order valence-electron chi connectivity index (χ2n) is 5.96. The monoisotopic (exact) mass is 224 g/mol. The molecule has 0 aromatic rings. The lowest BCUT2D eigenvalue weighted by molar-refractivity contribution is -0.0218. The van der Waals surface area contributed by atoms with Crippen molar-refractivity contribution in [2.75, 3.05) is 20.2 Å². The maximum atomic E-state index is 6.24. The Hall–Kier alpha value is -0.120. The molecule has 0 spiro atoms. The second-order valence-corrected chi connectivity index (χ2v) is 5.96. The predicted molar refractivity (Wildman–Crippen MR) is 64.2 cm³/mol. The summed E-state index contributed by atoms with van der Waals surface area (Å²) in [4.78, 5) is 2.69. The maximum absolute atomic E-state index is 6.24. The zero-order valence-corrected chi connectivity index (χ0v) is 10.3. The van der Waals surface area contributed by atoms with Crippen LogP contribution in [-0.2, 0) is 4.74 Å². The SMILES string of the molecule is COC1CC(N2CC3CCCC(N)C3C2)C1. The molecule has 1 aliphatic heterocycles. The van der Waals surface area contributed by atoms with Crippen molar-refractivity contribution in [2.45, 2.75) is 50.3 Å². The first-order valence-corrected chi connectivity index (χ1v) is 6.80. The third kappa shape index (κ3) is 1.79. The van der Waals surface area contributed by atoms with Crippen LogP contribution in [0.3, 0.4) is 0 Å². The molecule has 3 atom stereocenters. The summed E-state index contributed by atoms with van der Waals surface area (Å²) in [6.45, 7) is 2.56. The third-order valence-electron chi connectivity index (χ3n) is 5.10. The van der Waals surface area contributed by atoms with Gasteiger partial charge in [-0.1, -0.05) is 6.42 Å². The van der Waals surface area contributed by atoms with Gasteiger partial charge < -0.3 is 10.5 Å². The Morgan fingerprint density at radius 3 is 2.69 bits per heavy atom. The average Bonchev–Trinajstić information content (AvgIpc) is 2.61. The van der Waals surface area contributed by atoms with Crippen LogP contribution in [0.1, 0.15) is 32.1 Å². The molecule has 0 bridgehead atoms. The molecule has 1 saturated heterocycles. The van der Waals surface area contributed by atoms with Crippen LogP contribution in [-0.4, -0.2) is 43.3 Å². The lowest BCUT2D eigenvalue weighted by Gasteiger charge is -2.40. The molecule has 3 nitrogen and oxygen atoms in total. The lowest BCUT2D eigenvalue weighted by Crippen LogP contribution is -2.47. The first-order chi connectivity index (χ1) is 7.78. The van der Waals surface area contributed by atoms with Gasteiger partial charge in [-0.05, 0) is 37.5 Å². The van der Waals surface area contributed by atoms with Gasteiger partial charge >= 0.3 is 0 Å². The minimum absolute atomic E-state index is 0.474. The number of fused-ring (bicyclic) bond motifs is 1. The third-order valence-corrected chi connectivity index (χ3v) is 5.10. The molecule has 3 rings (SSSR count). The largest absolute Gasteiger partial charge is 0.381 e. The maximum Gasteiger partial charge on any atom is 0.0601 e. The summed E-state index contributed by atoms with van der Waals surface area (Å²) >= 11 is 0. The molecule has 3 heteroatoms. The zero-order chi connectivity index (χ0) is 11.1. The number of hydrogen-bond donors (Lipinski definition) is 1. The number of ether oxygens (including phenoxy) is 1. The summed E-state index contributed by atoms with van der Waals surface area (Å²) in [5, 5.41) is 0. The summed E-state index contributed by atoms with van der Waals surface area (Å²) in [6.07, 6.45) is 7.02. The number of hydrogen-bond acceptors (Lipinski definition) is 3. The topological polar surface area (TPSA) is 38.5 Å². The lowest BCUT2D eigenvalue weighted by atomic mass is 9.78.